The number of nitrogens with zero attached hydrogens (tertiary/aromatic N) is 2. The minimum Gasteiger partial charge on any atom is -0.348 e. The lowest BCUT2D eigenvalue weighted by molar-refractivity contribution is 0.0931. The molecule has 0 saturated carbocycles. The van der Waals surface area contributed by atoms with E-state index in [1.165, 1.54) is 0 Å². The summed E-state index contributed by atoms with van der Waals surface area (Å²) >= 11 is 0. The predicted molar refractivity (Wildman–Crippen MR) is 99.0 cm³/mol. The summed E-state index contributed by atoms with van der Waals surface area (Å²) in [4.78, 5) is 17.2. The number of carbonyl (C=O) groups is 1. The van der Waals surface area contributed by atoms with Crippen molar-refractivity contribution in [2.75, 3.05) is 13.1 Å². The van der Waals surface area contributed by atoms with E-state index < -0.39 is 0 Å². The summed E-state index contributed by atoms with van der Waals surface area (Å²) in [5, 5.41) is 10.4. The number of halogens is 1. The molecular formula is C18H25ClN4O2. The number of carbonyl (C=O) groups excluding carboxylic acids is 1. The smallest absolute Gasteiger partial charge is 0.258 e. The van der Waals surface area contributed by atoms with Crippen molar-refractivity contribution in [3.63, 3.8) is 0 Å². The normalized spacial score (nSPS) is 17.6. The van der Waals surface area contributed by atoms with E-state index in [1.807, 2.05) is 39.0 Å². The van der Waals surface area contributed by atoms with Crippen LogP contribution in [0.15, 0.2) is 28.8 Å². The van der Waals surface area contributed by atoms with Gasteiger partial charge in [0.2, 0.25) is 0 Å². The van der Waals surface area contributed by atoms with E-state index in [4.69, 9.17) is 4.52 Å². The minimum atomic E-state index is -0.202. The van der Waals surface area contributed by atoms with Gasteiger partial charge in [-0.25, -0.2) is 0 Å². The van der Waals surface area contributed by atoms with Crippen LogP contribution in [0.2, 0.25) is 0 Å². The Labute approximate surface area is 154 Å². The first-order valence-corrected chi connectivity index (χ1v) is 8.40. The second kappa shape index (κ2) is 7.97. The highest BCUT2D eigenvalue weighted by Gasteiger charge is 2.24. The van der Waals surface area contributed by atoms with Gasteiger partial charge in [0.1, 0.15) is 0 Å². The first-order chi connectivity index (χ1) is 11.4. The molecule has 2 N–H and O–H groups in total. The average molecular weight is 365 g/mol. The molecule has 136 valence electrons. The molecule has 1 aromatic carbocycles. The number of nitrogens with one attached hydrogen (secondary N) is 2. The molecule has 0 unspecified atom stereocenters. The first kappa shape index (κ1) is 19.4. The highest BCUT2D eigenvalue weighted by molar-refractivity contribution is 6.00. The molecule has 1 aliphatic heterocycles. The summed E-state index contributed by atoms with van der Waals surface area (Å²) in [6.07, 6.45) is 2.07. The number of rotatable bonds is 3. The van der Waals surface area contributed by atoms with Gasteiger partial charge in [0, 0.05) is 18.0 Å². The maximum atomic E-state index is 12.7. The lowest BCUT2D eigenvalue weighted by Gasteiger charge is -2.24. The molecule has 1 saturated heterocycles. The van der Waals surface area contributed by atoms with Crippen molar-refractivity contribution in [2.45, 2.75) is 45.1 Å². The Bertz CT molecular complexity index is 718. The second-order valence-corrected chi connectivity index (χ2v) is 7.24. The van der Waals surface area contributed by atoms with Crippen molar-refractivity contribution in [3.8, 4) is 11.5 Å². The molecule has 3 rings (SSSR count). The van der Waals surface area contributed by atoms with Gasteiger partial charge in [-0.3, -0.25) is 4.79 Å². The fraction of sp³-hybridized carbons (Fsp3) is 0.500. The SMILES string of the molecule is CC(C)(C)c1noc(-c2ccccc2C(=O)N[C@H]2CCCNC2)n1.Cl. The average Bonchev–Trinajstić information content (AvgIpc) is 3.06. The van der Waals surface area contributed by atoms with Crippen molar-refractivity contribution in [3.05, 3.63) is 35.7 Å². The largest absolute Gasteiger partial charge is 0.348 e. The van der Waals surface area contributed by atoms with E-state index in [9.17, 15) is 4.79 Å². The van der Waals surface area contributed by atoms with Gasteiger partial charge in [0.15, 0.2) is 5.82 Å². The monoisotopic (exact) mass is 364 g/mol. The number of hydrogen-bond donors (Lipinski definition) is 2. The van der Waals surface area contributed by atoms with Crippen molar-refractivity contribution in [2.24, 2.45) is 0 Å². The van der Waals surface area contributed by atoms with Gasteiger partial charge < -0.3 is 15.2 Å². The minimum absolute atomic E-state index is 0. The number of piperidine rings is 1. The lowest BCUT2D eigenvalue weighted by Crippen LogP contribution is -2.45. The molecule has 0 spiro atoms. The van der Waals surface area contributed by atoms with E-state index in [0.717, 1.165) is 25.9 Å². The quantitative estimate of drug-likeness (QED) is 0.875. The summed E-state index contributed by atoms with van der Waals surface area (Å²) in [5.41, 5.74) is 1.03. The van der Waals surface area contributed by atoms with Gasteiger partial charge in [0.05, 0.1) is 11.1 Å². The Morgan fingerprint density at radius 1 is 1.32 bits per heavy atom. The molecule has 0 aliphatic carbocycles. The van der Waals surface area contributed by atoms with Crippen molar-refractivity contribution in [1.29, 1.82) is 0 Å². The van der Waals surface area contributed by atoms with Crippen LogP contribution >= 0.6 is 12.4 Å². The summed E-state index contributed by atoms with van der Waals surface area (Å²) < 4.78 is 5.40. The van der Waals surface area contributed by atoms with E-state index in [1.54, 1.807) is 6.07 Å². The second-order valence-electron chi connectivity index (χ2n) is 7.24. The number of aromatic nitrogens is 2. The Morgan fingerprint density at radius 2 is 2.08 bits per heavy atom. The van der Waals surface area contributed by atoms with Crippen LogP contribution in [0.4, 0.5) is 0 Å². The molecule has 1 atom stereocenters. The van der Waals surface area contributed by atoms with Crippen LogP contribution in [0.3, 0.4) is 0 Å². The molecule has 1 fully saturated rings. The van der Waals surface area contributed by atoms with Crippen LogP contribution in [-0.2, 0) is 5.41 Å². The van der Waals surface area contributed by atoms with Crippen LogP contribution in [0, 0.1) is 0 Å². The van der Waals surface area contributed by atoms with Crippen LogP contribution in [0.1, 0.15) is 49.8 Å². The van der Waals surface area contributed by atoms with Gasteiger partial charge >= 0.3 is 0 Å². The Kier molecular flexibility index (Phi) is 6.19. The molecule has 1 amide bonds. The third-order valence-corrected chi connectivity index (χ3v) is 4.13. The van der Waals surface area contributed by atoms with Crippen molar-refractivity contribution < 1.29 is 9.32 Å². The van der Waals surface area contributed by atoms with Gasteiger partial charge in [-0.15, -0.1) is 12.4 Å². The van der Waals surface area contributed by atoms with Crippen LogP contribution in [0.25, 0.3) is 11.5 Å². The Balaban J connectivity index is 0.00000225. The summed E-state index contributed by atoms with van der Waals surface area (Å²) in [6.45, 7) is 7.89. The van der Waals surface area contributed by atoms with Gasteiger partial charge in [0.25, 0.3) is 11.8 Å². The first-order valence-electron chi connectivity index (χ1n) is 8.40. The van der Waals surface area contributed by atoms with Crippen LogP contribution in [0.5, 0.6) is 0 Å². The van der Waals surface area contributed by atoms with E-state index in [0.29, 0.717) is 22.8 Å². The standard InChI is InChI=1S/C18H24N4O2.ClH/c1-18(2,3)17-21-16(24-22-17)14-9-5-4-8-13(14)15(23)20-12-7-6-10-19-11-12;/h4-5,8-9,12,19H,6-7,10-11H2,1-3H3,(H,20,23);1H/t12-;/m0./s1. The van der Waals surface area contributed by atoms with Crippen LogP contribution in [-0.4, -0.2) is 35.2 Å². The maximum Gasteiger partial charge on any atom is 0.258 e. The molecule has 1 aromatic heterocycles. The molecule has 0 radical (unpaired) electrons. The summed E-state index contributed by atoms with van der Waals surface area (Å²) in [5.74, 6) is 0.909. The maximum absolute atomic E-state index is 12.7. The zero-order chi connectivity index (χ0) is 17.2. The summed E-state index contributed by atoms with van der Waals surface area (Å²) in [7, 11) is 0. The third kappa shape index (κ3) is 4.58. The zero-order valence-electron chi connectivity index (χ0n) is 14.8. The van der Waals surface area contributed by atoms with Gasteiger partial charge in [-0.2, -0.15) is 4.98 Å². The molecule has 6 nitrogen and oxygen atoms in total. The lowest BCUT2D eigenvalue weighted by atomic mass is 9.96. The molecule has 7 heteroatoms. The third-order valence-electron chi connectivity index (χ3n) is 4.13. The number of benzene rings is 1. The topological polar surface area (TPSA) is 80.0 Å². The highest BCUT2D eigenvalue weighted by Crippen LogP contribution is 2.26. The molecule has 2 aromatic rings. The predicted octanol–water partition coefficient (Wildman–Crippen LogP) is 2.94. The zero-order valence-corrected chi connectivity index (χ0v) is 15.7. The highest BCUT2D eigenvalue weighted by atomic mass is 35.5. The molecular weight excluding hydrogens is 340 g/mol. The number of amides is 1. The number of hydrogen-bond acceptors (Lipinski definition) is 5. The van der Waals surface area contributed by atoms with E-state index in [-0.39, 0.29) is 29.8 Å². The van der Waals surface area contributed by atoms with Gasteiger partial charge in [-0.05, 0) is 31.5 Å². The Morgan fingerprint density at radius 3 is 2.72 bits per heavy atom. The fourth-order valence-corrected chi connectivity index (χ4v) is 2.74. The fourth-order valence-electron chi connectivity index (χ4n) is 2.74. The molecule has 0 bridgehead atoms. The summed E-state index contributed by atoms with van der Waals surface area (Å²) in [6, 6.07) is 7.51. The van der Waals surface area contributed by atoms with Crippen molar-refractivity contribution >= 4 is 18.3 Å². The molecule has 25 heavy (non-hydrogen) atoms. The Hall–Kier alpha value is -1.92. The van der Waals surface area contributed by atoms with E-state index >= 15 is 0 Å². The van der Waals surface area contributed by atoms with Crippen molar-refractivity contribution in [1.82, 2.24) is 20.8 Å². The van der Waals surface area contributed by atoms with Crippen LogP contribution < -0.4 is 10.6 Å². The molecule has 1 aliphatic rings. The van der Waals surface area contributed by atoms with Gasteiger partial charge in [-0.1, -0.05) is 38.1 Å². The molecule has 2 heterocycles. The van der Waals surface area contributed by atoms with E-state index in [2.05, 4.69) is 20.8 Å².